The Hall–Kier alpha value is -0.603. The van der Waals surface area contributed by atoms with Crippen molar-refractivity contribution in [2.45, 2.75) is 43.3 Å². The lowest BCUT2D eigenvalue weighted by atomic mass is 9.97. The third-order valence-corrected chi connectivity index (χ3v) is 10.0. The SMILES string of the molecule is CC[Si]1(CC)OC[C@]2(c3ccccc3)CC21. The van der Waals surface area contributed by atoms with Crippen LogP contribution in [0, 0.1) is 0 Å². The van der Waals surface area contributed by atoms with Gasteiger partial charge in [-0.2, -0.15) is 0 Å². The van der Waals surface area contributed by atoms with Crippen molar-refractivity contribution in [2.24, 2.45) is 0 Å². The molecule has 1 aliphatic carbocycles. The van der Waals surface area contributed by atoms with Gasteiger partial charge >= 0.3 is 0 Å². The third-order valence-electron chi connectivity index (χ3n) is 4.87. The van der Waals surface area contributed by atoms with Crippen LogP contribution in [0.1, 0.15) is 25.8 Å². The van der Waals surface area contributed by atoms with E-state index in [9.17, 15) is 0 Å². The largest absolute Gasteiger partial charge is 0.416 e. The van der Waals surface area contributed by atoms with Crippen LogP contribution in [0.3, 0.4) is 0 Å². The molecule has 0 aromatic heterocycles. The smallest absolute Gasteiger partial charge is 0.196 e. The molecule has 2 aliphatic rings. The molecular weight excluding hydrogens is 212 g/mol. The first kappa shape index (κ1) is 10.5. The van der Waals surface area contributed by atoms with E-state index in [0.29, 0.717) is 5.41 Å². The van der Waals surface area contributed by atoms with Crippen LogP contribution in [-0.4, -0.2) is 14.9 Å². The maximum atomic E-state index is 6.30. The molecule has 1 unspecified atom stereocenters. The van der Waals surface area contributed by atoms with Gasteiger partial charge in [0, 0.05) is 12.0 Å². The number of hydrogen-bond donors (Lipinski definition) is 0. The minimum absolute atomic E-state index is 0.430. The predicted octanol–water partition coefficient (Wildman–Crippen LogP) is 3.71. The van der Waals surface area contributed by atoms with Crippen LogP contribution in [0.15, 0.2) is 30.3 Å². The van der Waals surface area contributed by atoms with Crippen LogP contribution >= 0.6 is 0 Å². The Balaban J connectivity index is 1.92. The molecule has 1 aliphatic heterocycles. The Morgan fingerprint density at radius 3 is 2.44 bits per heavy atom. The fourth-order valence-electron chi connectivity index (χ4n) is 3.65. The van der Waals surface area contributed by atoms with Crippen molar-refractivity contribution in [2.75, 3.05) is 6.61 Å². The van der Waals surface area contributed by atoms with Gasteiger partial charge in [-0.05, 0) is 29.6 Å². The summed E-state index contributed by atoms with van der Waals surface area (Å²) in [6, 6.07) is 13.6. The molecule has 2 fully saturated rings. The second-order valence-corrected chi connectivity index (χ2v) is 9.87. The van der Waals surface area contributed by atoms with Gasteiger partial charge in [0.05, 0.1) is 0 Å². The highest BCUT2D eigenvalue weighted by atomic mass is 28.4. The summed E-state index contributed by atoms with van der Waals surface area (Å²) >= 11 is 0. The van der Waals surface area contributed by atoms with Crippen molar-refractivity contribution in [1.82, 2.24) is 0 Å². The van der Waals surface area contributed by atoms with E-state index in [1.54, 1.807) is 0 Å². The Kier molecular flexibility index (Phi) is 2.27. The first-order valence-electron chi connectivity index (χ1n) is 6.47. The fraction of sp³-hybridized carbons (Fsp3) is 0.571. The number of rotatable bonds is 3. The van der Waals surface area contributed by atoms with E-state index >= 15 is 0 Å². The molecule has 3 rings (SSSR count). The first-order chi connectivity index (χ1) is 7.77. The van der Waals surface area contributed by atoms with E-state index in [1.807, 2.05) is 0 Å². The average molecular weight is 232 g/mol. The number of benzene rings is 1. The Morgan fingerprint density at radius 1 is 1.25 bits per heavy atom. The van der Waals surface area contributed by atoms with Gasteiger partial charge in [0.15, 0.2) is 8.32 Å². The zero-order valence-electron chi connectivity index (χ0n) is 10.2. The summed E-state index contributed by atoms with van der Waals surface area (Å²) in [6.45, 7) is 5.65. The zero-order chi connectivity index (χ0) is 11.2. The number of fused-ring (bicyclic) bond motifs is 1. The normalized spacial score (nSPS) is 34.8. The third kappa shape index (κ3) is 1.20. The van der Waals surface area contributed by atoms with Gasteiger partial charge in [0.2, 0.25) is 0 Å². The molecule has 0 spiro atoms. The minimum atomic E-state index is -1.36. The molecule has 2 heteroatoms. The standard InChI is InChI=1S/C14H20OSi/c1-3-16(4-2)13-10-14(13,11-15-16)12-8-6-5-7-9-12/h5-9,13H,3-4,10-11H2,1-2H3/t13?,14-/m0/s1. The van der Waals surface area contributed by atoms with Gasteiger partial charge in [-0.3, -0.25) is 0 Å². The van der Waals surface area contributed by atoms with Crippen LogP contribution < -0.4 is 0 Å². The van der Waals surface area contributed by atoms with Gasteiger partial charge in [0.25, 0.3) is 0 Å². The van der Waals surface area contributed by atoms with Crippen molar-refractivity contribution >= 4 is 8.32 Å². The second kappa shape index (κ2) is 3.44. The summed E-state index contributed by atoms with van der Waals surface area (Å²) < 4.78 is 6.30. The van der Waals surface area contributed by atoms with E-state index in [1.165, 1.54) is 24.1 Å². The number of hydrogen-bond acceptors (Lipinski definition) is 1. The topological polar surface area (TPSA) is 9.23 Å². The summed E-state index contributed by atoms with van der Waals surface area (Å²) in [6.07, 6.45) is 1.39. The molecule has 1 saturated carbocycles. The molecule has 0 amide bonds. The molecular formula is C14H20OSi. The lowest BCUT2D eigenvalue weighted by Crippen LogP contribution is -2.33. The average Bonchev–Trinajstić information content (AvgIpc) is 3.03. The maximum absolute atomic E-state index is 6.30. The van der Waals surface area contributed by atoms with E-state index < -0.39 is 8.32 Å². The van der Waals surface area contributed by atoms with Gasteiger partial charge in [-0.25, -0.2) is 0 Å². The van der Waals surface area contributed by atoms with E-state index in [0.717, 1.165) is 12.1 Å². The van der Waals surface area contributed by atoms with Crippen LogP contribution in [0.25, 0.3) is 0 Å². The summed E-state index contributed by atoms with van der Waals surface area (Å²) in [7, 11) is -1.36. The Bertz CT molecular complexity index is 385. The van der Waals surface area contributed by atoms with Gasteiger partial charge in [-0.1, -0.05) is 44.2 Å². The first-order valence-corrected chi connectivity index (χ1v) is 8.87. The molecule has 1 aromatic rings. The van der Waals surface area contributed by atoms with Gasteiger partial charge in [0.1, 0.15) is 0 Å². The zero-order valence-corrected chi connectivity index (χ0v) is 11.2. The van der Waals surface area contributed by atoms with Crippen LogP contribution in [-0.2, 0) is 9.84 Å². The van der Waals surface area contributed by atoms with E-state index in [4.69, 9.17) is 4.43 Å². The molecule has 1 nitrogen and oxygen atoms in total. The second-order valence-electron chi connectivity index (χ2n) is 5.34. The quantitative estimate of drug-likeness (QED) is 0.722. The maximum Gasteiger partial charge on any atom is 0.196 e. The summed E-state index contributed by atoms with van der Waals surface area (Å²) in [5.74, 6) is 0. The predicted molar refractivity (Wildman–Crippen MR) is 69.2 cm³/mol. The molecule has 1 aromatic carbocycles. The van der Waals surface area contributed by atoms with Crippen LogP contribution in [0.4, 0.5) is 0 Å². The monoisotopic (exact) mass is 232 g/mol. The highest BCUT2D eigenvalue weighted by molar-refractivity contribution is 6.77. The molecule has 0 radical (unpaired) electrons. The van der Waals surface area contributed by atoms with Crippen molar-refractivity contribution in [1.29, 1.82) is 0 Å². The summed E-state index contributed by atoms with van der Waals surface area (Å²) in [4.78, 5) is 0. The van der Waals surface area contributed by atoms with E-state index in [2.05, 4.69) is 44.2 Å². The molecule has 1 saturated heterocycles. The van der Waals surface area contributed by atoms with Gasteiger partial charge < -0.3 is 4.43 Å². The lowest BCUT2D eigenvalue weighted by molar-refractivity contribution is 0.296. The lowest BCUT2D eigenvalue weighted by Gasteiger charge is -2.24. The van der Waals surface area contributed by atoms with Crippen molar-refractivity contribution in [3.63, 3.8) is 0 Å². The molecule has 86 valence electrons. The van der Waals surface area contributed by atoms with E-state index in [-0.39, 0.29) is 0 Å². The summed E-state index contributed by atoms with van der Waals surface area (Å²) in [5, 5.41) is 0. The summed E-state index contributed by atoms with van der Waals surface area (Å²) in [5.41, 5.74) is 2.85. The molecule has 1 heterocycles. The highest BCUT2D eigenvalue weighted by Gasteiger charge is 2.70. The Morgan fingerprint density at radius 2 is 1.94 bits per heavy atom. The van der Waals surface area contributed by atoms with Crippen LogP contribution in [0.2, 0.25) is 17.6 Å². The fourth-order valence-corrected chi connectivity index (χ4v) is 8.28. The molecule has 0 N–H and O–H groups in total. The Labute approximate surface area is 99.0 Å². The van der Waals surface area contributed by atoms with Gasteiger partial charge in [-0.15, -0.1) is 0 Å². The van der Waals surface area contributed by atoms with Crippen LogP contribution in [0.5, 0.6) is 0 Å². The molecule has 16 heavy (non-hydrogen) atoms. The minimum Gasteiger partial charge on any atom is -0.416 e. The molecule has 0 bridgehead atoms. The van der Waals surface area contributed by atoms with Crippen molar-refractivity contribution < 1.29 is 4.43 Å². The molecule has 2 atom stereocenters. The van der Waals surface area contributed by atoms with Crippen molar-refractivity contribution in [3.05, 3.63) is 35.9 Å². The highest BCUT2D eigenvalue weighted by Crippen LogP contribution is 2.69. The van der Waals surface area contributed by atoms with Crippen molar-refractivity contribution in [3.8, 4) is 0 Å².